The van der Waals surface area contributed by atoms with Crippen LogP contribution in [0.3, 0.4) is 0 Å². The number of hydrogen-bond acceptors (Lipinski definition) is 5. The number of ether oxygens (including phenoxy) is 1. The van der Waals surface area contributed by atoms with Crippen molar-refractivity contribution < 1.29 is 4.74 Å². The average Bonchev–Trinajstić information content (AvgIpc) is 2.57. The molecular weight excluding hydrogens is 210 g/mol. The van der Waals surface area contributed by atoms with Gasteiger partial charge in [-0.25, -0.2) is 0 Å². The van der Waals surface area contributed by atoms with E-state index in [1.165, 1.54) is 0 Å². The highest BCUT2D eigenvalue weighted by molar-refractivity contribution is 7.15. The van der Waals surface area contributed by atoms with Crippen molar-refractivity contribution >= 4 is 16.5 Å². The van der Waals surface area contributed by atoms with Crippen molar-refractivity contribution in [2.45, 2.75) is 27.2 Å². The fraction of sp³-hybridized carbons (Fsp3) is 0.800. The Labute approximate surface area is 95.1 Å². The molecule has 0 aromatic carbocycles. The zero-order valence-corrected chi connectivity index (χ0v) is 10.4. The topological polar surface area (TPSA) is 47.0 Å². The summed E-state index contributed by atoms with van der Waals surface area (Å²) in [5, 5.41) is 12.9. The van der Waals surface area contributed by atoms with E-state index in [9.17, 15) is 0 Å². The maximum absolute atomic E-state index is 5.47. The average molecular weight is 229 g/mol. The van der Waals surface area contributed by atoms with Gasteiger partial charge >= 0.3 is 0 Å². The van der Waals surface area contributed by atoms with Gasteiger partial charge in [-0.05, 0) is 19.3 Å². The van der Waals surface area contributed by atoms with Gasteiger partial charge in [-0.1, -0.05) is 25.2 Å². The molecule has 86 valence electrons. The first kappa shape index (κ1) is 12.4. The van der Waals surface area contributed by atoms with Gasteiger partial charge in [0.2, 0.25) is 5.13 Å². The van der Waals surface area contributed by atoms with E-state index in [2.05, 4.69) is 29.4 Å². The van der Waals surface area contributed by atoms with Crippen LogP contribution in [-0.4, -0.2) is 30.0 Å². The lowest BCUT2D eigenvalue weighted by Gasteiger charge is -2.06. The molecule has 0 aliphatic heterocycles. The first-order chi connectivity index (χ1) is 7.18. The summed E-state index contributed by atoms with van der Waals surface area (Å²) in [6.45, 7) is 8.71. The molecule has 5 heteroatoms. The van der Waals surface area contributed by atoms with Gasteiger partial charge in [0.15, 0.2) is 0 Å². The first-order valence-electron chi connectivity index (χ1n) is 5.30. The Morgan fingerprint density at radius 2 is 2.13 bits per heavy atom. The van der Waals surface area contributed by atoms with Crippen LogP contribution in [-0.2, 0) is 4.74 Å². The molecule has 0 bridgehead atoms. The zero-order chi connectivity index (χ0) is 11.1. The molecule has 1 rings (SSSR count). The third-order valence-corrected chi connectivity index (χ3v) is 2.68. The number of rotatable bonds is 7. The maximum Gasteiger partial charge on any atom is 0.205 e. The van der Waals surface area contributed by atoms with Crippen molar-refractivity contribution in [3.8, 4) is 0 Å². The lowest BCUT2D eigenvalue weighted by atomic mass is 10.1. The standard InChI is InChI=1S/C10H19N3OS/c1-8(2)4-6-14-7-5-11-10-13-12-9(3)15-10/h8H,4-7H2,1-3H3,(H,11,13). The Morgan fingerprint density at radius 3 is 2.73 bits per heavy atom. The highest BCUT2D eigenvalue weighted by atomic mass is 32.1. The number of aromatic nitrogens is 2. The van der Waals surface area contributed by atoms with E-state index in [1.54, 1.807) is 11.3 Å². The van der Waals surface area contributed by atoms with Crippen LogP contribution in [0, 0.1) is 12.8 Å². The van der Waals surface area contributed by atoms with Gasteiger partial charge in [-0.3, -0.25) is 0 Å². The number of nitrogens with one attached hydrogen (secondary N) is 1. The molecule has 0 fully saturated rings. The Balaban J connectivity index is 1.98. The third kappa shape index (κ3) is 5.69. The minimum atomic E-state index is 0.712. The minimum absolute atomic E-state index is 0.712. The smallest absolute Gasteiger partial charge is 0.205 e. The number of nitrogens with zero attached hydrogens (tertiary/aromatic N) is 2. The second kappa shape index (κ2) is 6.74. The number of hydrogen-bond donors (Lipinski definition) is 1. The zero-order valence-electron chi connectivity index (χ0n) is 9.62. The van der Waals surface area contributed by atoms with Crippen molar-refractivity contribution in [1.29, 1.82) is 0 Å². The molecule has 0 amide bonds. The predicted octanol–water partition coefficient (Wildman–Crippen LogP) is 2.32. The van der Waals surface area contributed by atoms with Crippen LogP contribution in [0.2, 0.25) is 0 Å². The van der Waals surface area contributed by atoms with Crippen LogP contribution in [0.25, 0.3) is 0 Å². The molecule has 1 heterocycles. The Morgan fingerprint density at radius 1 is 1.33 bits per heavy atom. The van der Waals surface area contributed by atoms with Crippen LogP contribution < -0.4 is 5.32 Å². The summed E-state index contributed by atoms with van der Waals surface area (Å²) in [7, 11) is 0. The van der Waals surface area contributed by atoms with Crippen molar-refractivity contribution in [2.75, 3.05) is 25.1 Å². The van der Waals surface area contributed by atoms with Gasteiger partial charge in [-0.2, -0.15) is 0 Å². The second-order valence-electron chi connectivity index (χ2n) is 3.85. The molecule has 1 aromatic heterocycles. The molecule has 0 saturated heterocycles. The summed E-state index contributed by atoms with van der Waals surface area (Å²) in [6.07, 6.45) is 1.12. The molecule has 0 atom stereocenters. The third-order valence-electron chi connectivity index (χ3n) is 1.89. The van der Waals surface area contributed by atoms with E-state index in [-0.39, 0.29) is 0 Å². The van der Waals surface area contributed by atoms with E-state index >= 15 is 0 Å². The molecule has 0 unspecified atom stereocenters. The lowest BCUT2D eigenvalue weighted by Crippen LogP contribution is -2.10. The summed E-state index contributed by atoms with van der Waals surface area (Å²) < 4.78 is 5.47. The van der Waals surface area contributed by atoms with E-state index in [0.29, 0.717) is 5.92 Å². The fourth-order valence-corrected chi connectivity index (χ4v) is 1.64. The summed E-state index contributed by atoms with van der Waals surface area (Å²) in [5.41, 5.74) is 0. The molecule has 0 saturated carbocycles. The van der Waals surface area contributed by atoms with E-state index < -0.39 is 0 Å². The molecule has 15 heavy (non-hydrogen) atoms. The van der Waals surface area contributed by atoms with Crippen LogP contribution in [0.5, 0.6) is 0 Å². The lowest BCUT2D eigenvalue weighted by molar-refractivity contribution is 0.132. The quantitative estimate of drug-likeness (QED) is 0.729. The summed E-state index contributed by atoms with van der Waals surface area (Å²) >= 11 is 1.57. The fourth-order valence-electron chi connectivity index (χ4n) is 1.02. The molecule has 0 spiro atoms. The van der Waals surface area contributed by atoms with Crippen LogP contribution >= 0.6 is 11.3 Å². The van der Waals surface area contributed by atoms with E-state index in [0.717, 1.165) is 36.3 Å². The number of anilines is 1. The van der Waals surface area contributed by atoms with Crippen LogP contribution in [0.4, 0.5) is 5.13 Å². The minimum Gasteiger partial charge on any atom is -0.380 e. The molecule has 0 aliphatic carbocycles. The van der Waals surface area contributed by atoms with E-state index in [4.69, 9.17) is 4.74 Å². The molecule has 1 N–H and O–H groups in total. The summed E-state index contributed by atoms with van der Waals surface area (Å²) in [6, 6.07) is 0. The first-order valence-corrected chi connectivity index (χ1v) is 6.12. The maximum atomic E-state index is 5.47. The molecule has 0 aliphatic rings. The van der Waals surface area contributed by atoms with Gasteiger partial charge in [0.05, 0.1) is 6.61 Å². The van der Waals surface area contributed by atoms with Crippen molar-refractivity contribution in [1.82, 2.24) is 10.2 Å². The van der Waals surface area contributed by atoms with Crippen LogP contribution in [0.1, 0.15) is 25.3 Å². The predicted molar refractivity (Wildman–Crippen MR) is 63.4 cm³/mol. The summed E-state index contributed by atoms with van der Waals surface area (Å²) in [4.78, 5) is 0. The molecule has 4 nitrogen and oxygen atoms in total. The normalized spacial score (nSPS) is 10.9. The monoisotopic (exact) mass is 229 g/mol. The summed E-state index contributed by atoms with van der Waals surface area (Å²) in [5.74, 6) is 0.712. The highest BCUT2D eigenvalue weighted by Crippen LogP contribution is 2.12. The van der Waals surface area contributed by atoms with Crippen molar-refractivity contribution in [2.24, 2.45) is 5.92 Å². The molecule has 1 aromatic rings. The Hall–Kier alpha value is -0.680. The number of aryl methyl sites for hydroxylation is 1. The Bertz CT molecular complexity index is 275. The largest absolute Gasteiger partial charge is 0.380 e. The second-order valence-corrected chi connectivity index (χ2v) is 5.03. The SMILES string of the molecule is Cc1nnc(NCCOCCC(C)C)s1. The van der Waals surface area contributed by atoms with Gasteiger partial charge in [0.1, 0.15) is 5.01 Å². The van der Waals surface area contributed by atoms with Gasteiger partial charge in [0.25, 0.3) is 0 Å². The van der Waals surface area contributed by atoms with E-state index in [1.807, 2.05) is 6.92 Å². The Kier molecular flexibility index (Phi) is 5.57. The van der Waals surface area contributed by atoms with Crippen molar-refractivity contribution in [3.05, 3.63) is 5.01 Å². The van der Waals surface area contributed by atoms with Gasteiger partial charge < -0.3 is 10.1 Å². The van der Waals surface area contributed by atoms with Crippen molar-refractivity contribution in [3.63, 3.8) is 0 Å². The highest BCUT2D eigenvalue weighted by Gasteiger charge is 1.98. The molecular formula is C10H19N3OS. The van der Waals surface area contributed by atoms with Crippen LogP contribution in [0.15, 0.2) is 0 Å². The van der Waals surface area contributed by atoms with Gasteiger partial charge in [-0.15, -0.1) is 10.2 Å². The van der Waals surface area contributed by atoms with Gasteiger partial charge in [0, 0.05) is 13.2 Å². The molecule has 0 radical (unpaired) electrons.